The van der Waals surface area contributed by atoms with Gasteiger partial charge in [0.1, 0.15) is 5.37 Å². The van der Waals surface area contributed by atoms with Crippen molar-refractivity contribution in [2.45, 2.75) is 5.37 Å². The molecule has 2 amide bonds. The highest BCUT2D eigenvalue weighted by Gasteiger charge is 2.30. The van der Waals surface area contributed by atoms with Gasteiger partial charge in [-0.25, -0.2) is 4.79 Å². The molecule has 1 saturated heterocycles. The number of hydrogen-bond acceptors (Lipinski definition) is 3. The molecule has 1 aliphatic heterocycles. The Morgan fingerprint density at radius 2 is 2.05 bits per heavy atom. The summed E-state index contributed by atoms with van der Waals surface area (Å²) in [5.74, 6) is 0.893. The normalized spacial score (nSPS) is 17.5. The highest BCUT2D eigenvalue weighted by molar-refractivity contribution is 7.99. The lowest BCUT2D eigenvalue weighted by Crippen LogP contribution is -2.34. The van der Waals surface area contributed by atoms with Crippen molar-refractivity contribution in [1.29, 1.82) is 0 Å². The summed E-state index contributed by atoms with van der Waals surface area (Å²) >= 11 is 13.8. The summed E-state index contributed by atoms with van der Waals surface area (Å²) in [5.41, 5.74) is 1.58. The highest BCUT2D eigenvalue weighted by atomic mass is 35.5. The molecule has 22 heavy (non-hydrogen) atoms. The third kappa shape index (κ3) is 3.16. The van der Waals surface area contributed by atoms with E-state index in [0.717, 1.165) is 11.3 Å². The second kappa shape index (κ2) is 6.77. The zero-order valence-electron chi connectivity index (χ0n) is 11.5. The number of thioether (sulfide) groups is 1. The number of halogens is 2. The Kier molecular flexibility index (Phi) is 4.76. The zero-order valence-corrected chi connectivity index (χ0v) is 13.8. The Balaban J connectivity index is 1.78. The van der Waals surface area contributed by atoms with Crippen LogP contribution in [0, 0.1) is 0 Å². The molecule has 3 rings (SSSR count). The molecule has 2 heterocycles. The van der Waals surface area contributed by atoms with Crippen LogP contribution in [0.2, 0.25) is 10.0 Å². The van der Waals surface area contributed by atoms with E-state index >= 15 is 0 Å². The standard InChI is InChI=1S/C15H13Cl2N3OS/c16-11-2-1-3-12(13(11)17)19-15(21)20-8-9-22-14(20)10-4-6-18-7-5-10/h1-7,14H,8-9H2,(H,19,21)/t14-/m0/s1. The minimum absolute atomic E-state index is 0.0130. The number of nitrogens with zero attached hydrogens (tertiary/aromatic N) is 2. The van der Waals surface area contributed by atoms with Gasteiger partial charge in [-0.1, -0.05) is 29.3 Å². The van der Waals surface area contributed by atoms with Crippen molar-refractivity contribution in [3.05, 3.63) is 58.3 Å². The van der Waals surface area contributed by atoms with Crippen molar-refractivity contribution in [2.75, 3.05) is 17.6 Å². The van der Waals surface area contributed by atoms with Crippen molar-refractivity contribution in [3.8, 4) is 0 Å². The molecule has 7 heteroatoms. The fourth-order valence-corrected chi connectivity index (χ4v) is 3.87. The predicted molar refractivity (Wildman–Crippen MR) is 91.6 cm³/mol. The van der Waals surface area contributed by atoms with E-state index in [4.69, 9.17) is 23.2 Å². The van der Waals surface area contributed by atoms with Gasteiger partial charge in [0.25, 0.3) is 0 Å². The Morgan fingerprint density at radius 3 is 2.82 bits per heavy atom. The molecule has 1 fully saturated rings. The number of rotatable bonds is 2. The van der Waals surface area contributed by atoms with Gasteiger partial charge < -0.3 is 10.2 Å². The molecule has 1 N–H and O–H groups in total. The lowest BCUT2D eigenvalue weighted by Gasteiger charge is -2.24. The second-order valence-electron chi connectivity index (χ2n) is 4.73. The van der Waals surface area contributed by atoms with Crippen molar-refractivity contribution >= 4 is 46.7 Å². The number of pyridine rings is 1. The molecule has 0 radical (unpaired) electrons. The van der Waals surface area contributed by atoms with Crippen molar-refractivity contribution in [1.82, 2.24) is 9.88 Å². The Bertz CT molecular complexity index is 684. The van der Waals surface area contributed by atoms with Gasteiger partial charge >= 0.3 is 6.03 Å². The van der Waals surface area contributed by atoms with Crippen LogP contribution in [0.25, 0.3) is 0 Å². The van der Waals surface area contributed by atoms with Gasteiger partial charge in [0.2, 0.25) is 0 Å². The number of nitrogens with one attached hydrogen (secondary N) is 1. The fourth-order valence-electron chi connectivity index (χ4n) is 2.27. The smallest absolute Gasteiger partial charge is 0.308 e. The van der Waals surface area contributed by atoms with Crippen LogP contribution in [0.15, 0.2) is 42.7 Å². The Labute approximate surface area is 142 Å². The third-order valence-corrected chi connectivity index (χ3v) is 5.42. The summed E-state index contributed by atoms with van der Waals surface area (Å²) in [6.45, 7) is 0.682. The van der Waals surface area contributed by atoms with E-state index in [0.29, 0.717) is 22.3 Å². The highest BCUT2D eigenvalue weighted by Crippen LogP contribution is 2.38. The number of anilines is 1. The summed E-state index contributed by atoms with van der Waals surface area (Å²) in [5, 5.41) is 3.59. The maximum absolute atomic E-state index is 12.5. The van der Waals surface area contributed by atoms with E-state index in [1.54, 1.807) is 47.3 Å². The quantitative estimate of drug-likeness (QED) is 0.853. The summed E-state index contributed by atoms with van der Waals surface area (Å²) in [4.78, 5) is 18.4. The molecular weight excluding hydrogens is 341 g/mol. The van der Waals surface area contributed by atoms with Crippen LogP contribution in [0.5, 0.6) is 0 Å². The molecule has 1 aliphatic rings. The van der Waals surface area contributed by atoms with Crippen molar-refractivity contribution in [3.63, 3.8) is 0 Å². The zero-order chi connectivity index (χ0) is 15.5. The van der Waals surface area contributed by atoms with Gasteiger partial charge in [0, 0.05) is 24.7 Å². The van der Waals surface area contributed by atoms with Crippen molar-refractivity contribution in [2.24, 2.45) is 0 Å². The first-order chi connectivity index (χ1) is 10.7. The van der Waals surface area contributed by atoms with E-state index in [-0.39, 0.29) is 11.4 Å². The van der Waals surface area contributed by atoms with E-state index in [2.05, 4.69) is 10.3 Å². The molecule has 2 aromatic rings. The van der Waals surface area contributed by atoms with Crippen LogP contribution < -0.4 is 5.32 Å². The topological polar surface area (TPSA) is 45.2 Å². The first kappa shape index (κ1) is 15.5. The maximum Gasteiger partial charge on any atom is 0.323 e. The lowest BCUT2D eigenvalue weighted by molar-refractivity contribution is 0.214. The minimum Gasteiger partial charge on any atom is -0.308 e. The van der Waals surface area contributed by atoms with Gasteiger partial charge in [0.05, 0.1) is 15.7 Å². The largest absolute Gasteiger partial charge is 0.323 e. The van der Waals surface area contributed by atoms with Gasteiger partial charge in [-0.3, -0.25) is 4.98 Å². The van der Waals surface area contributed by atoms with Crippen LogP contribution in [0.3, 0.4) is 0 Å². The van der Waals surface area contributed by atoms with E-state index in [1.165, 1.54) is 0 Å². The molecule has 0 aliphatic carbocycles. The molecular formula is C15H13Cl2N3OS. The number of carbonyl (C=O) groups excluding carboxylic acids is 1. The molecule has 4 nitrogen and oxygen atoms in total. The predicted octanol–water partition coefficient (Wildman–Crippen LogP) is 4.67. The summed E-state index contributed by atoms with van der Waals surface area (Å²) in [6, 6.07) is 8.84. The first-order valence-corrected chi connectivity index (χ1v) is 8.50. The lowest BCUT2D eigenvalue weighted by atomic mass is 10.2. The number of benzene rings is 1. The molecule has 114 valence electrons. The van der Waals surface area contributed by atoms with Crippen LogP contribution in [0.4, 0.5) is 10.5 Å². The Hall–Kier alpha value is -1.43. The number of amides is 2. The summed E-state index contributed by atoms with van der Waals surface area (Å²) < 4.78 is 0. The number of carbonyl (C=O) groups is 1. The number of aromatic nitrogens is 1. The first-order valence-electron chi connectivity index (χ1n) is 6.70. The summed E-state index contributed by atoms with van der Waals surface area (Å²) in [6.07, 6.45) is 3.47. The molecule has 0 bridgehead atoms. The van der Waals surface area contributed by atoms with Gasteiger partial charge in [0.15, 0.2) is 0 Å². The van der Waals surface area contributed by atoms with Gasteiger partial charge in [-0.05, 0) is 29.8 Å². The molecule has 1 atom stereocenters. The number of hydrogen-bond donors (Lipinski definition) is 1. The van der Waals surface area contributed by atoms with E-state index in [1.807, 2.05) is 12.1 Å². The fraction of sp³-hybridized carbons (Fsp3) is 0.200. The van der Waals surface area contributed by atoms with Crippen LogP contribution in [-0.2, 0) is 0 Å². The van der Waals surface area contributed by atoms with Crippen molar-refractivity contribution < 1.29 is 4.79 Å². The van der Waals surface area contributed by atoms with Crippen LogP contribution in [0.1, 0.15) is 10.9 Å². The average Bonchev–Trinajstić information content (AvgIpc) is 3.02. The minimum atomic E-state index is -0.184. The summed E-state index contributed by atoms with van der Waals surface area (Å²) in [7, 11) is 0. The monoisotopic (exact) mass is 353 g/mol. The molecule has 1 aromatic heterocycles. The SMILES string of the molecule is O=C(Nc1cccc(Cl)c1Cl)N1CCS[C@H]1c1ccncc1. The van der Waals surface area contributed by atoms with Gasteiger partial charge in [-0.2, -0.15) is 0 Å². The van der Waals surface area contributed by atoms with Crippen LogP contribution in [-0.4, -0.2) is 28.2 Å². The average molecular weight is 354 g/mol. The molecule has 0 unspecified atom stereocenters. The second-order valence-corrected chi connectivity index (χ2v) is 6.70. The Morgan fingerprint density at radius 1 is 1.27 bits per heavy atom. The van der Waals surface area contributed by atoms with Crippen LogP contribution >= 0.6 is 35.0 Å². The number of urea groups is 1. The third-order valence-electron chi connectivity index (χ3n) is 3.34. The molecule has 1 aromatic carbocycles. The van der Waals surface area contributed by atoms with E-state index < -0.39 is 0 Å². The molecule has 0 spiro atoms. The molecule has 0 saturated carbocycles. The van der Waals surface area contributed by atoms with E-state index in [9.17, 15) is 4.79 Å². The maximum atomic E-state index is 12.5. The van der Waals surface area contributed by atoms with Gasteiger partial charge in [-0.15, -0.1) is 11.8 Å².